The molecule has 290 valence electrons. The number of nitrogens with zero attached hydrogens (tertiary/aromatic N) is 6. The SMILES string of the molecule is Cc1cnn2c(NCc3ccc(NC(=O)COCCOCCCc4cccc5c4CN(C4CCC(=O)NC4=O)C5=O)cc3)nc(OC3CCN(C)CC3)nc12. The molecule has 0 bridgehead atoms. The fraction of sp³-hybridized carbons (Fsp3) is 0.462. The van der Waals surface area contributed by atoms with Crippen molar-refractivity contribution in [3.63, 3.8) is 0 Å². The monoisotopic (exact) mass is 753 g/mol. The number of rotatable bonds is 16. The van der Waals surface area contributed by atoms with Crippen LogP contribution in [-0.2, 0) is 43.4 Å². The lowest BCUT2D eigenvalue weighted by Crippen LogP contribution is -2.52. The van der Waals surface area contributed by atoms with Gasteiger partial charge in [0.2, 0.25) is 23.7 Å². The van der Waals surface area contributed by atoms with E-state index in [9.17, 15) is 19.2 Å². The van der Waals surface area contributed by atoms with Crippen molar-refractivity contribution >= 4 is 40.9 Å². The molecule has 2 fully saturated rings. The molecule has 1 unspecified atom stereocenters. The Hall–Kier alpha value is -5.45. The summed E-state index contributed by atoms with van der Waals surface area (Å²) in [4.78, 5) is 62.6. The minimum atomic E-state index is -0.635. The molecule has 4 amide bonds. The van der Waals surface area contributed by atoms with Gasteiger partial charge in [0.25, 0.3) is 5.91 Å². The number of imide groups is 1. The first-order valence-corrected chi connectivity index (χ1v) is 18.8. The number of aryl methyl sites for hydroxylation is 2. The molecule has 0 aliphatic carbocycles. The molecule has 7 rings (SSSR count). The Bertz CT molecular complexity index is 2030. The first-order chi connectivity index (χ1) is 26.7. The minimum Gasteiger partial charge on any atom is -0.460 e. The molecule has 1 atom stereocenters. The fourth-order valence-corrected chi connectivity index (χ4v) is 7.10. The summed E-state index contributed by atoms with van der Waals surface area (Å²) in [6.07, 6.45) is 5.69. The van der Waals surface area contributed by atoms with Crippen molar-refractivity contribution in [1.29, 1.82) is 0 Å². The summed E-state index contributed by atoms with van der Waals surface area (Å²) in [7, 11) is 2.11. The molecular weight excluding hydrogens is 706 g/mol. The van der Waals surface area contributed by atoms with E-state index in [4.69, 9.17) is 14.2 Å². The Morgan fingerprint density at radius 2 is 1.78 bits per heavy atom. The van der Waals surface area contributed by atoms with Crippen molar-refractivity contribution in [2.75, 3.05) is 57.2 Å². The summed E-state index contributed by atoms with van der Waals surface area (Å²) in [5.41, 5.74) is 5.84. The molecule has 2 aromatic carbocycles. The number of likely N-dealkylation sites (tertiary alicyclic amines) is 1. The summed E-state index contributed by atoms with van der Waals surface area (Å²) in [5, 5.41) is 13.0. The average Bonchev–Trinajstić information content (AvgIpc) is 3.72. The zero-order valence-corrected chi connectivity index (χ0v) is 31.2. The van der Waals surface area contributed by atoms with E-state index >= 15 is 0 Å². The van der Waals surface area contributed by atoms with E-state index in [0.717, 1.165) is 54.6 Å². The predicted octanol–water partition coefficient (Wildman–Crippen LogP) is 2.88. The number of aromatic nitrogens is 4. The topological polar surface area (TPSA) is 182 Å². The van der Waals surface area contributed by atoms with E-state index in [1.54, 1.807) is 21.7 Å². The van der Waals surface area contributed by atoms with Gasteiger partial charge in [-0.05, 0) is 81.0 Å². The highest BCUT2D eigenvalue weighted by Crippen LogP contribution is 2.30. The van der Waals surface area contributed by atoms with E-state index in [1.165, 1.54) is 0 Å². The van der Waals surface area contributed by atoms with Crippen molar-refractivity contribution in [2.24, 2.45) is 0 Å². The van der Waals surface area contributed by atoms with E-state index in [-0.39, 0.29) is 43.5 Å². The van der Waals surface area contributed by atoms with Crippen LogP contribution in [0.5, 0.6) is 6.01 Å². The molecule has 3 aliphatic rings. The van der Waals surface area contributed by atoms with Gasteiger partial charge >= 0.3 is 6.01 Å². The van der Waals surface area contributed by atoms with Gasteiger partial charge < -0.3 is 34.6 Å². The van der Waals surface area contributed by atoms with Gasteiger partial charge in [-0.25, -0.2) is 0 Å². The minimum absolute atomic E-state index is 0.0778. The van der Waals surface area contributed by atoms with Gasteiger partial charge in [-0.3, -0.25) is 24.5 Å². The van der Waals surface area contributed by atoms with Gasteiger partial charge in [-0.15, -0.1) is 0 Å². The van der Waals surface area contributed by atoms with Crippen LogP contribution in [0.3, 0.4) is 0 Å². The molecular formula is C39H47N9O7. The Morgan fingerprint density at radius 3 is 2.58 bits per heavy atom. The maximum absolute atomic E-state index is 13.1. The van der Waals surface area contributed by atoms with Crippen molar-refractivity contribution in [2.45, 2.75) is 70.7 Å². The predicted molar refractivity (Wildman–Crippen MR) is 202 cm³/mol. The van der Waals surface area contributed by atoms with Crippen molar-refractivity contribution < 1.29 is 33.4 Å². The Balaban J connectivity index is 0.793. The molecule has 0 saturated carbocycles. The van der Waals surface area contributed by atoms with Crippen LogP contribution in [-0.4, -0.2) is 112 Å². The summed E-state index contributed by atoms with van der Waals surface area (Å²) >= 11 is 0. The molecule has 2 aromatic heterocycles. The van der Waals surface area contributed by atoms with Crippen molar-refractivity contribution in [3.8, 4) is 6.01 Å². The second-order valence-corrected chi connectivity index (χ2v) is 14.2. The van der Waals surface area contributed by atoms with Crippen LogP contribution < -0.4 is 20.7 Å². The highest BCUT2D eigenvalue weighted by molar-refractivity contribution is 6.05. The van der Waals surface area contributed by atoms with Gasteiger partial charge in [0.1, 0.15) is 18.8 Å². The second kappa shape index (κ2) is 17.3. The molecule has 4 aromatic rings. The highest BCUT2D eigenvalue weighted by Gasteiger charge is 2.39. The number of hydrogen-bond donors (Lipinski definition) is 3. The molecule has 55 heavy (non-hydrogen) atoms. The number of fused-ring (bicyclic) bond motifs is 2. The molecule has 3 N–H and O–H groups in total. The third-order valence-electron chi connectivity index (χ3n) is 10.2. The Kier molecular flexibility index (Phi) is 11.9. The molecule has 0 radical (unpaired) electrons. The summed E-state index contributed by atoms with van der Waals surface area (Å²) < 4.78 is 19.1. The number of piperidine rings is 2. The molecule has 16 nitrogen and oxygen atoms in total. The Morgan fingerprint density at radius 1 is 0.982 bits per heavy atom. The normalized spacial score (nSPS) is 17.7. The van der Waals surface area contributed by atoms with Crippen molar-refractivity contribution in [3.05, 3.63) is 76.5 Å². The molecule has 3 aliphatic heterocycles. The summed E-state index contributed by atoms with van der Waals surface area (Å²) in [6.45, 7) is 5.74. The van der Waals surface area contributed by atoms with Gasteiger partial charge in [0, 0.05) is 56.0 Å². The number of ether oxygens (including phenoxy) is 3. The standard InChI is InChI=1S/C39H47N9O7/c1-25-21-41-48-35(25)44-39(55-29-14-16-46(2)17-15-29)45-38(48)40-22-26-8-10-28(11-9-26)42-34(50)24-54-20-19-53-18-4-6-27-5-3-7-30-31(27)23-47(37(30)52)32-12-13-33(49)43-36(32)51/h3,5,7-11,21,29,32H,4,6,12-20,22-24H2,1-2H3,(H,42,50)(H,40,44,45)(H,43,49,51). The number of carbonyl (C=O) groups excluding carboxylic acids is 4. The first kappa shape index (κ1) is 37.8. The summed E-state index contributed by atoms with van der Waals surface area (Å²) in [6, 6.07) is 12.9. The molecule has 16 heteroatoms. The van der Waals surface area contributed by atoms with Crippen LogP contribution in [0.25, 0.3) is 5.65 Å². The number of carbonyl (C=O) groups is 4. The van der Waals surface area contributed by atoms with E-state index < -0.39 is 11.9 Å². The smallest absolute Gasteiger partial charge is 0.322 e. The Labute approximate surface area is 318 Å². The largest absolute Gasteiger partial charge is 0.460 e. The third-order valence-corrected chi connectivity index (χ3v) is 10.2. The first-order valence-electron chi connectivity index (χ1n) is 18.8. The zero-order chi connectivity index (χ0) is 38.3. The fourth-order valence-electron chi connectivity index (χ4n) is 7.10. The number of anilines is 2. The lowest BCUT2D eigenvalue weighted by Gasteiger charge is -2.29. The number of nitrogens with one attached hydrogen (secondary N) is 3. The van der Waals surface area contributed by atoms with Gasteiger partial charge in [0.15, 0.2) is 5.65 Å². The van der Waals surface area contributed by atoms with E-state index in [0.29, 0.717) is 68.0 Å². The van der Waals surface area contributed by atoms with Gasteiger partial charge in [-0.2, -0.15) is 19.6 Å². The maximum Gasteiger partial charge on any atom is 0.322 e. The molecule has 5 heterocycles. The van der Waals surface area contributed by atoms with Crippen molar-refractivity contribution in [1.82, 2.24) is 34.7 Å². The third kappa shape index (κ3) is 9.27. The van der Waals surface area contributed by atoms with Crippen LogP contribution in [0.15, 0.2) is 48.7 Å². The zero-order valence-electron chi connectivity index (χ0n) is 31.2. The number of amides is 4. The van der Waals surface area contributed by atoms with Crippen LogP contribution in [0.4, 0.5) is 11.6 Å². The molecule has 0 spiro atoms. The van der Waals surface area contributed by atoms with Crippen LogP contribution in [0.1, 0.15) is 64.7 Å². The average molecular weight is 754 g/mol. The van der Waals surface area contributed by atoms with E-state index in [1.807, 2.05) is 43.3 Å². The highest BCUT2D eigenvalue weighted by atomic mass is 16.5. The van der Waals surface area contributed by atoms with Crippen LogP contribution >= 0.6 is 0 Å². The van der Waals surface area contributed by atoms with Crippen LogP contribution in [0.2, 0.25) is 0 Å². The van der Waals surface area contributed by atoms with Crippen LogP contribution in [0, 0.1) is 6.92 Å². The summed E-state index contributed by atoms with van der Waals surface area (Å²) in [5.74, 6) is -0.624. The lowest BCUT2D eigenvalue weighted by atomic mass is 10.00. The maximum atomic E-state index is 13.1. The quantitative estimate of drug-likeness (QED) is 0.113. The number of benzene rings is 2. The number of hydrogen-bond acceptors (Lipinski definition) is 12. The van der Waals surface area contributed by atoms with E-state index in [2.05, 4.69) is 43.0 Å². The lowest BCUT2D eigenvalue weighted by molar-refractivity contribution is -0.137. The van der Waals surface area contributed by atoms with Gasteiger partial charge in [0.05, 0.1) is 19.4 Å². The second-order valence-electron chi connectivity index (χ2n) is 14.2. The van der Waals surface area contributed by atoms with Gasteiger partial charge in [-0.1, -0.05) is 24.3 Å². The molecule has 2 saturated heterocycles.